The predicted octanol–water partition coefficient (Wildman–Crippen LogP) is 5.70. The van der Waals surface area contributed by atoms with Crippen LogP contribution in [0.3, 0.4) is 0 Å². The van der Waals surface area contributed by atoms with Crippen LogP contribution >= 0.6 is 23.2 Å². The topological polar surface area (TPSA) is 94.9 Å². The van der Waals surface area contributed by atoms with E-state index in [9.17, 15) is 4.79 Å². The Kier molecular flexibility index (Phi) is 9.07. The third kappa shape index (κ3) is 6.36. The van der Waals surface area contributed by atoms with E-state index in [0.717, 1.165) is 24.8 Å². The average molecular weight is 503 g/mol. The fourth-order valence-electron chi connectivity index (χ4n) is 3.04. The van der Waals surface area contributed by atoms with Crippen molar-refractivity contribution < 1.29 is 19.0 Å². The van der Waals surface area contributed by atoms with Gasteiger partial charge in [0.2, 0.25) is 11.8 Å². The molecule has 3 rings (SSSR count). The van der Waals surface area contributed by atoms with Crippen LogP contribution in [-0.2, 0) is 6.42 Å². The molecule has 0 aliphatic carbocycles. The molecule has 0 aliphatic rings. The maximum atomic E-state index is 12.5. The van der Waals surface area contributed by atoms with Gasteiger partial charge >= 0.3 is 6.01 Å². The van der Waals surface area contributed by atoms with Gasteiger partial charge in [0.1, 0.15) is 5.75 Å². The molecule has 0 bridgehead atoms. The Morgan fingerprint density at radius 1 is 1.09 bits per heavy atom. The van der Waals surface area contributed by atoms with Crippen LogP contribution in [0.1, 0.15) is 41.3 Å². The van der Waals surface area contributed by atoms with E-state index in [0.29, 0.717) is 23.1 Å². The van der Waals surface area contributed by atoms with Crippen LogP contribution in [0.5, 0.6) is 23.5 Å². The molecule has 1 N–H and O–H groups in total. The lowest BCUT2D eigenvalue weighted by Crippen LogP contribution is -2.18. The number of aromatic nitrogens is 2. The molecule has 1 heterocycles. The molecule has 0 spiro atoms. The minimum Gasteiger partial charge on any atom is -0.481 e. The summed E-state index contributed by atoms with van der Waals surface area (Å²) in [6.07, 6.45) is 4.31. The van der Waals surface area contributed by atoms with Gasteiger partial charge in [-0.1, -0.05) is 54.7 Å². The maximum absolute atomic E-state index is 12.5. The summed E-state index contributed by atoms with van der Waals surface area (Å²) in [4.78, 5) is 21.0. The highest BCUT2D eigenvalue weighted by atomic mass is 35.5. The van der Waals surface area contributed by atoms with Gasteiger partial charge in [-0.15, -0.1) is 0 Å². The van der Waals surface area contributed by atoms with Crippen LogP contribution < -0.4 is 19.6 Å². The fourth-order valence-corrected chi connectivity index (χ4v) is 3.43. The summed E-state index contributed by atoms with van der Waals surface area (Å²) in [5, 5.41) is 4.58. The quantitative estimate of drug-likeness (QED) is 0.282. The number of halogens is 2. The number of hydrazone groups is 1. The SMILES string of the molecule is CCCCc1cccc(Oc2nc(OC)cc(OC)n2)c1C=NNC(=O)c1cccc(Cl)c1Cl. The van der Waals surface area contributed by atoms with Gasteiger partial charge in [0.25, 0.3) is 5.91 Å². The van der Waals surface area contributed by atoms with Crippen LogP contribution in [0, 0.1) is 0 Å². The minimum atomic E-state index is -0.488. The second-order valence-corrected chi connectivity index (χ2v) is 7.86. The number of carbonyl (C=O) groups is 1. The van der Waals surface area contributed by atoms with Crippen LogP contribution in [0.2, 0.25) is 10.0 Å². The van der Waals surface area contributed by atoms with Gasteiger partial charge in [-0.3, -0.25) is 4.79 Å². The molecule has 2 aromatic carbocycles. The van der Waals surface area contributed by atoms with Gasteiger partial charge in [-0.2, -0.15) is 15.1 Å². The van der Waals surface area contributed by atoms with E-state index in [1.165, 1.54) is 20.4 Å². The van der Waals surface area contributed by atoms with E-state index >= 15 is 0 Å². The molecule has 0 atom stereocenters. The first kappa shape index (κ1) is 25.3. The van der Waals surface area contributed by atoms with E-state index in [1.54, 1.807) is 30.3 Å². The molecule has 1 amide bonds. The molecule has 0 aliphatic heterocycles. The number of hydrogen-bond donors (Lipinski definition) is 1. The summed E-state index contributed by atoms with van der Waals surface area (Å²) in [7, 11) is 2.98. The number of ether oxygens (including phenoxy) is 3. The Morgan fingerprint density at radius 2 is 1.79 bits per heavy atom. The molecular formula is C24H24Cl2N4O4. The third-order valence-corrected chi connectivity index (χ3v) is 5.61. The van der Waals surface area contributed by atoms with E-state index < -0.39 is 5.91 Å². The molecule has 1 aromatic heterocycles. The van der Waals surface area contributed by atoms with Crippen LogP contribution in [0.25, 0.3) is 0 Å². The number of rotatable bonds is 10. The van der Waals surface area contributed by atoms with Gasteiger partial charge < -0.3 is 14.2 Å². The second kappa shape index (κ2) is 12.2. The Morgan fingerprint density at radius 3 is 2.47 bits per heavy atom. The Bertz CT molecular complexity index is 1170. The Balaban J connectivity index is 1.90. The number of carbonyl (C=O) groups excluding carboxylic acids is 1. The van der Waals surface area contributed by atoms with Crippen molar-refractivity contribution in [3.63, 3.8) is 0 Å². The molecule has 0 fully saturated rings. The number of nitrogens with zero attached hydrogens (tertiary/aromatic N) is 3. The van der Waals surface area contributed by atoms with Crippen LogP contribution in [-0.4, -0.2) is 36.3 Å². The second-order valence-electron chi connectivity index (χ2n) is 7.07. The van der Waals surface area contributed by atoms with Gasteiger partial charge in [0.15, 0.2) is 0 Å². The van der Waals surface area contributed by atoms with Gasteiger partial charge in [-0.25, -0.2) is 5.43 Å². The monoisotopic (exact) mass is 502 g/mol. The normalized spacial score (nSPS) is 10.9. The van der Waals surface area contributed by atoms with Crippen molar-refractivity contribution >= 4 is 35.3 Å². The standard InChI is InChI=1S/C24H24Cl2N4O4/c1-4-5-8-15-9-6-12-19(34-24-28-20(32-2)13-21(29-24)33-3)17(15)14-27-30-23(31)16-10-7-11-18(25)22(16)26/h6-7,9-14H,4-5,8H2,1-3H3,(H,30,31). The molecule has 178 valence electrons. The summed E-state index contributed by atoms with van der Waals surface area (Å²) in [5.74, 6) is 0.565. The third-order valence-electron chi connectivity index (χ3n) is 4.79. The molecule has 0 saturated heterocycles. The first-order chi connectivity index (χ1) is 16.5. The highest BCUT2D eigenvalue weighted by Crippen LogP contribution is 2.29. The molecule has 3 aromatic rings. The fraction of sp³-hybridized carbons (Fsp3) is 0.250. The molecule has 0 saturated carbocycles. The van der Waals surface area contributed by atoms with Gasteiger partial charge in [0, 0.05) is 5.56 Å². The lowest BCUT2D eigenvalue weighted by atomic mass is 10.0. The van der Waals surface area contributed by atoms with Crippen molar-refractivity contribution in [2.75, 3.05) is 14.2 Å². The lowest BCUT2D eigenvalue weighted by molar-refractivity contribution is 0.0955. The highest BCUT2D eigenvalue weighted by molar-refractivity contribution is 6.43. The molecule has 8 nitrogen and oxygen atoms in total. The summed E-state index contributed by atoms with van der Waals surface area (Å²) in [6, 6.07) is 12.0. The minimum absolute atomic E-state index is 0.0493. The maximum Gasteiger partial charge on any atom is 0.328 e. The molecule has 0 radical (unpaired) electrons. The van der Waals surface area contributed by atoms with Crippen molar-refractivity contribution in [1.82, 2.24) is 15.4 Å². The zero-order valence-corrected chi connectivity index (χ0v) is 20.5. The summed E-state index contributed by atoms with van der Waals surface area (Å²) in [6.45, 7) is 2.11. The number of nitrogens with one attached hydrogen (secondary N) is 1. The molecule has 0 unspecified atom stereocenters. The lowest BCUT2D eigenvalue weighted by Gasteiger charge is -2.13. The first-order valence-electron chi connectivity index (χ1n) is 10.5. The van der Waals surface area contributed by atoms with Gasteiger partial charge in [-0.05, 0) is 36.6 Å². The first-order valence-corrected chi connectivity index (χ1v) is 11.3. The van der Waals surface area contributed by atoms with Gasteiger partial charge in [0.05, 0.1) is 42.1 Å². The van der Waals surface area contributed by atoms with Crippen LogP contribution in [0.4, 0.5) is 0 Å². The summed E-state index contributed by atoms with van der Waals surface area (Å²) >= 11 is 12.1. The zero-order valence-electron chi connectivity index (χ0n) is 19.0. The van der Waals surface area contributed by atoms with Crippen molar-refractivity contribution in [2.45, 2.75) is 26.2 Å². The van der Waals surface area contributed by atoms with E-state index in [2.05, 4.69) is 27.4 Å². The highest BCUT2D eigenvalue weighted by Gasteiger charge is 2.14. The molecular weight excluding hydrogens is 479 g/mol. The predicted molar refractivity (Wildman–Crippen MR) is 132 cm³/mol. The number of amides is 1. The summed E-state index contributed by atoms with van der Waals surface area (Å²) < 4.78 is 16.3. The van der Waals surface area contributed by atoms with E-state index in [1.807, 2.05) is 12.1 Å². The zero-order chi connectivity index (χ0) is 24.5. The number of methoxy groups -OCH3 is 2. The van der Waals surface area contributed by atoms with Crippen molar-refractivity contribution in [2.24, 2.45) is 5.10 Å². The Labute approximate surface area is 207 Å². The van der Waals surface area contributed by atoms with Crippen molar-refractivity contribution in [3.8, 4) is 23.5 Å². The smallest absolute Gasteiger partial charge is 0.328 e. The largest absolute Gasteiger partial charge is 0.481 e. The molecule has 10 heteroatoms. The number of hydrogen-bond acceptors (Lipinski definition) is 7. The van der Waals surface area contributed by atoms with Crippen LogP contribution in [0.15, 0.2) is 47.6 Å². The number of benzene rings is 2. The average Bonchev–Trinajstić information content (AvgIpc) is 2.85. The Hall–Kier alpha value is -3.36. The van der Waals surface area contributed by atoms with E-state index in [-0.39, 0.29) is 21.6 Å². The van der Waals surface area contributed by atoms with Crippen molar-refractivity contribution in [3.05, 3.63) is 69.2 Å². The number of aryl methyl sites for hydroxylation is 1. The molecule has 34 heavy (non-hydrogen) atoms. The number of unbranched alkanes of at least 4 members (excludes halogenated alkanes) is 1. The van der Waals surface area contributed by atoms with Crippen molar-refractivity contribution in [1.29, 1.82) is 0 Å². The van der Waals surface area contributed by atoms with E-state index in [4.69, 9.17) is 37.4 Å². The summed E-state index contributed by atoms with van der Waals surface area (Å²) in [5.41, 5.74) is 4.38.